The maximum atomic E-state index is 12.0. The summed E-state index contributed by atoms with van der Waals surface area (Å²) in [5, 5.41) is 0. The highest BCUT2D eigenvalue weighted by Crippen LogP contribution is 2.15. The summed E-state index contributed by atoms with van der Waals surface area (Å²) in [6.07, 6.45) is 2.84. The van der Waals surface area contributed by atoms with E-state index in [1.165, 1.54) is 17.2 Å². The molecule has 2 rings (SSSR count). The molecule has 21 heavy (non-hydrogen) atoms. The van der Waals surface area contributed by atoms with Crippen molar-refractivity contribution in [3.8, 4) is 0 Å². The highest BCUT2D eigenvalue weighted by atomic mass is 16.2. The van der Waals surface area contributed by atoms with Crippen LogP contribution >= 0.6 is 0 Å². The van der Waals surface area contributed by atoms with Crippen LogP contribution < -0.4 is 16.6 Å². The Morgan fingerprint density at radius 1 is 1.29 bits per heavy atom. The molecule has 4 amide bonds. The first kappa shape index (κ1) is 14.8. The lowest BCUT2D eigenvalue weighted by Gasteiger charge is -2.30. The predicted octanol–water partition coefficient (Wildman–Crippen LogP) is -0.367. The number of rotatable bonds is 2. The number of pyridine rings is 1. The number of piperidine rings is 1. The van der Waals surface area contributed by atoms with Crippen molar-refractivity contribution in [3.63, 3.8) is 0 Å². The molecule has 8 nitrogen and oxygen atoms in total. The monoisotopic (exact) mass is 291 g/mol. The van der Waals surface area contributed by atoms with Gasteiger partial charge in [0.2, 0.25) is 5.91 Å². The molecule has 0 aromatic carbocycles. The van der Waals surface area contributed by atoms with Crippen molar-refractivity contribution in [2.24, 2.45) is 11.7 Å². The Morgan fingerprint density at radius 2 is 2.10 bits per heavy atom. The van der Waals surface area contributed by atoms with Crippen LogP contribution in [0.4, 0.5) is 4.79 Å². The zero-order valence-electron chi connectivity index (χ0n) is 11.4. The Bertz CT molecular complexity index is 534. The third kappa shape index (κ3) is 3.91. The summed E-state index contributed by atoms with van der Waals surface area (Å²) >= 11 is 0. The summed E-state index contributed by atoms with van der Waals surface area (Å²) in [5.74, 6) is -1.22. The van der Waals surface area contributed by atoms with Gasteiger partial charge in [0.1, 0.15) is 5.69 Å². The van der Waals surface area contributed by atoms with Crippen molar-refractivity contribution in [2.45, 2.75) is 12.8 Å². The zero-order chi connectivity index (χ0) is 15.2. The van der Waals surface area contributed by atoms with Crippen LogP contribution in [0.15, 0.2) is 24.4 Å². The topological polar surface area (TPSA) is 117 Å². The van der Waals surface area contributed by atoms with Crippen molar-refractivity contribution in [2.75, 3.05) is 13.1 Å². The Morgan fingerprint density at radius 3 is 2.76 bits per heavy atom. The number of hydrazine groups is 1. The molecule has 4 N–H and O–H groups in total. The molecule has 0 spiro atoms. The van der Waals surface area contributed by atoms with Crippen molar-refractivity contribution in [1.82, 2.24) is 20.7 Å². The fraction of sp³-hybridized carbons (Fsp3) is 0.385. The van der Waals surface area contributed by atoms with E-state index in [0.29, 0.717) is 19.4 Å². The molecule has 112 valence electrons. The molecule has 0 unspecified atom stereocenters. The number of nitrogens with zero attached hydrogens (tertiary/aromatic N) is 2. The zero-order valence-corrected chi connectivity index (χ0v) is 11.4. The molecular weight excluding hydrogens is 274 g/mol. The summed E-state index contributed by atoms with van der Waals surface area (Å²) in [4.78, 5) is 40.1. The normalized spacial score (nSPS) is 17.9. The molecule has 0 aliphatic carbocycles. The van der Waals surface area contributed by atoms with Gasteiger partial charge in [-0.3, -0.25) is 25.4 Å². The van der Waals surface area contributed by atoms with E-state index in [-0.39, 0.29) is 24.1 Å². The van der Waals surface area contributed by atoms with Crippen LogP contribution in [0.1, 0.15) is 23.3 Å². The average molecular weight is 291 g/mol. The third-order valence-electron chi connectivity index (χ3n) is 3.30. The van der Waals surface area contributed by atoms with Crippen LogP contribution in [0.5, 0.6) is 0 Å². The van der Waals surface area contributed by atoms with Crippen LogP contribution in [-0.2, 0) is 4.79 Å². The summed E-state index contributed by atoms with van der Waals surface area (Å²) in [6.45, 7) is 0.819. The van der Waals surface area contributed by atoms with E-state index in [4.69, 9.17) is 5.73 Å². The number of hydrogen-bond donors (Lipinski definition) is 3. The van der Waals surface area contributed by atoms with Gasteiger partial charge in [-0.2, -0.15) is 0 Å². The van der Waals surface area contributed by atoms with Gasteiger partial charge < -0.3 is 10.6 Å². The first-order valence-corrected chi connectivity index (χ1v) is 6.63. The molecular formula is C13H17N5O3. The van der Waals surface area contributed by atoms with Crippen molar-refractivity contribution in [1.29, 1.82) is 0 Å². The highest BCUT2D eigenvalue weighted by molar-refractivity contribution is 5.93. The molecule has 1 aromatic heterocycles. The first-order valence-electron chi connectivity index (χ1n) is 6.63. The lowest BCUT2D eigenvalue weighted by molar-refractivity contribution is -0.127. The number of nitrogens with two attached hydrogens (primary N) is 1. The van der Waals surface area contributed by atoms with Crippen LogP contribution in [0.3, 0.4) is 0 Å². The van der Waals surface area contributed by atoms with Gasteiger partial charge in [-0.1, -0.05) is 6.07 Å². The minimum Gasteiger partial charge on any atom is -0.351 e. The first-order chi connectivity index (χ1) is 10.1. The molecule has 0 radical (unpaired) electrons. The van der Waals surface area contributed by atoms with Crippen LogP contribution in [0, 0.1) is 5.92 Å². The lowest BCUT2D eigenvalue weighted by atomic mass is 9.98. The quantitative estimate of drug-likeness (QED) is 0.644. The largest absolute Gasteiger partial charge is 0.351 e. The molecule has 0 saturated carbocycles. The number of amides is 4. The molecule has 1 fully saturated rings. The van der Waals surface area contributed by atoms with Crippen LogP contribution in [-0.4, -0.2) is 40.8 Å². The number of nitrogens with one attached hydrogen (secondary N) is 2. The molecule has 1 aromatic rings. The standard InChI is InChI=1S/C13H17N5O3/c14-13(21)18-7-3-4-9(8-18)11(19)16-17-12(20)10-5-1-2-6-15-10/h1-2,5-6,9H,3-4,7-8H2,(H2,14,21)(H,16,19)(H,17,20)/t9-/m0/s1. The summed E-state index contributed by atoms with van der Waals surface area (Å²) in [5.41, 5.74) is 10.1. The Labute approximate surface area is 121 Å². The minimum atomic E-state index is -0.537. The number of aromatic nitrogens is 1. The average Bonchev–Trinajstić information content (AvgIpc) is 2.53. The fourth-order valence-corrected chi connectivity index (χ4v) is 2.17. The number of urea groups is 1. The van der Waals surface area contributed by atoms with E-state index >= 15 is 0 Å². The van der Waals surface area contributed by atoms with Gasteiger partial charge in [-0.25, -0.2) is 4.79 Å². The maximum absolute atomic E-state index is 12.0. The molecule has 1 aliphatic heterocycles. The molecule has 1 saturated heterocycles. The van der Waals surface area contributed by atoms with Crippen molar-refractivity contribution in [3.05, 3.63) is 30.1 Å². The van der Waals surface area contributed by atoms with Gasteiger partial charge in [0.05, 0.1) is 5.92 Å². The van der Waals surface area contributed by atoms with E-state index in [2.05, 4.69) is 15.8 Å². The van der Waals surface area contributed by atoms with Gasteiger partial charge in [0.15, 0.2) is 0 Å². The number of hydrogen-bond acceptors (Lipinski definition) is 4. The Hall–Kier alpha value is -2.64. The summed E-state index contributed by atoms with van der Waals surface area (Å²) in [6, 6.07) is 4.37. The summed E-state index contributed by atoms with van der Waals surface area (Å²) in [7, 11) is 0. The highest BCUT2D eigenvalue weighted by Gasteiger charge is 2.27. The second-order valence-corrected chi connectivity index (χ2v) is 4.78. The molecule has 2 heterocycles. The molecule has 1 aliphatic rings. The van der Waals surface area contributed by atoms with Gasteiger partial charge in [0.25, 0.3) is 5.91 Å². The lowest BCUT2D eigenvalue weighted by Crippen LogP contribution is -2.51. The number of likely N-dealkylation sites (tertiary alicyclic amines) is 1. The fourth-order valence-electron chi connectivity index (χ4n) is 2.17. The summed E-state index contributed by atoms with van der Waals surface area (Å²) < 4.78 is 0. The maximum Gasteiger partial charge on any atom is 0.314 e. The SMILES string of the molecule is NC(=O)N1CCC[C@H](C(=O)NNC(=O)c2ccccn2)C1. The van der Waals surface area contributed by atoms with Crippen LogP contribution in [0.2, 0.25) is 0 Å². The number of carbonyl (C=O) groups is 3. The van der Waals surface area contributed by atoms with E-state index in [9.17, 15) is 14.4 Å². The van der Waals surface area contributed by atoms with E-state index in [0.717, 1.165) is 0 Å². The van der Waals surface area contributed by atoms with Gasteiger partial charge in [0, 0.05) is 19.3 Å². The Kier molecular flexibility index (Phi) is 4.70. The second kappa shape index (κ2) is 6.69. The second-order valence-electron chi connectivity index (χ2n) is 4.78. The number of primary amides is 1. The van der Waals surface area contributed by atoms with E-state index in [1.54, 1.807) is 12.1 Å². The smallest absolute Gasteiger partial charge is 0.314 e. The predicted molar refractivity (Wildman–Crippen MR) is 73.7 cm³/mol. The molecule has 0 bridgehead atoms. The Balaban J connectivity index is 1.84. The molecule has 1 atom stereocenters. The molecule has 8 heteroatoms. The van der Waals surface area contributed by atoms with E-state index < -0.39 is 11.9 Å². The van der Waals surface area contributed by atoms with Crippen LogP contribution in [0.25, 0.3) is 0 Å². The van der Waals surface area contributed by atoms with Gasteiger partial charge in [-0.15, -0.1) is 0 Å². The van der Waals surface area contributed by atoms with Gasteiger partial charge >= 0.3 is 6.03 Å². The van der Waals surface area contributed by atoms with Crippen molar-refractivity contribution >= 4 is 17.8 Å². The third-order valence-corrected chi connectivity index (χ3v) is 3.30. The number of carbonyl (C=O) groups excluding carboxylic acids is 3. The minimum absolute atomic E-state index is 0.209. The van der Waals surface area contributed by atoms with Gasteiger partial charge in [-0.05, 0) is 25.0 Å². The van der Waals surface area contributed by atoms with E-state index in [1.807, 2.05) is 0 Å². The van der Waals surface area contributed by atoms with Crippen molar-refractivity contribution < 1.29 is 14.4 Å².